The first kappa shape index (κ1) is 11.9. The lowest BCUT2D eigenvalue weighted by molar-refractivity contribution is 0.0950. The van der Waals surface area contributed by atoms with Gasteiger partial charge in [-0.25, -0.2) is 4.98 Å². The van der Waals surface area contributed by atoms with Crippen LogP contribution >= 0.6 is 23.2 Å². The fourth-order valence-electron chi connectivity index (χ4n) is 1.23. The number of carbonyl (C=O) groups is 1. The molecule has 7 heteroatoms. The van der Waals surface area contributed by atoms with E-state index < -0.39 is 0 Å². The zero-order chi connectivity index (χ0) is 12.3. The number of halogens is 2. The van der Waals surface area contributed by atoms with Gasteiger partial charge in [-0.2, -0.15) is 5.10 Å². The molecule has 0 bridgehead atoms. The van der Waals surface area contributed by atoms with E-state index in [0.717, 1.165) is 5.56 Å². The van der Waals surface area contributed by atoms with Crippen LogP contribution in [0.1, 0.15) is 15.9 Å². The number of hydrogen-bond acceptors (Lipinski definition) is 3. The number of nitrogens with zero attached hydrogens (tertiary/aromatic N) is 2. The minimum absolute atomic E-state index is 0.0854. The lowest BCUT2D eigenvalue weighted by Crippen LogP contribution is -2.23. The van der Waals surface area contributed by atoms with E-state index in [2.05, 4.69) is 20.5 Å². The molecule has 0 aliphatic rings. The fraction of sp³-hybridized carbons (Fsp3) is 0.100. The highest BCUT2D eigenvalue weighted by Gasteiger charge is 2.11. The Morgan fingerprint density at radius 1 is 1.41 bits per heavy atom. The summed E-state index contributed by atoms with van der Waals surface area (Å²) in [6, 6.07) is 3.04. The van der Waals surface area contributed by atoms with Gasteiger partial charge in [0.1, 0.15) is 10.3 Å². The Bertz CT molecular complexity index is 527. The highest BCUT2D eigenvalue weighted by molar-refractivity contribution is 6.34. The summed E-state index contributed by atoms with van der Waals surface area (Å²) >= 11 is 11.5. The molecule has 2 aromatic heterocycles. The number of pyridine rings is 1. The Morgan fingerprint density at radius 2 is 2.24 bits per heavy atom. The molecule has 1 amide bonds. The van der Waals surface area contributed by atoms with Crippen molar-refractivity contribution in [2.75, 3.05) is 0 Å². The van der Waals surface area contributed by atoms with E-state index in [1.807, 2.05) is 0 Å². The maximum absolute atomic E-state index is 11.8. The summed E-state index contributed by atoms with van der Waals surface area (Å²) in [5.41, 5.74) is 1.16. The molecule has 0 fully saturated rings. The van der Waals surface area contributed by atoms with E-state index in [0.29, 0.717) is 12.1 Å². The van der Waals surface area contributed by atoms with E-state index in [1.165, 1.54) is 12.1 Å². The smallest absolute Gasteiger partial charge is 0.254 e. The second-order valence-corrected chi connectivity index (χ2v) is 4.01. The van der Waals surface area contributed by atoms with Crippen LogP contribution in [0.15, 0.2) is 24.5 Å². The van der Waals surface area contributed by atoms with Crippen molar-refractivity contribution in [1.82, 2.24) is 20.5 Å². The van der Waals surface area contributed by atoms with Crippen LogP contribution in [0.2, 0.25) is 10.3 Å². The maximum Gasteiger partial charge on any atom is 0.254 e. The summed E-state index contributed by atoms with van der Waals surface area (Å²) in [4.78, 5) is 15.6. The van der Waals surface area contributed by atoms with Crippen LogP contribution in [-0.2, 0) is 6.54 Å². The van der Waals surface area contributed by atoms with Gasteiger partial charge < -0.3 is 5.32 Å². The van der Waals surface area contributed by atoms with Crippen LogP contribution in [-0.4, -0.2) is 21.1 Å². The third-order valence-electron chi connectivity index (χ3n) is 2.07. The molecule has 88 valence electrons. The summed E-state index contributed by atoms with van der Waals surface area (Å²) in [5, 5.41) is 9.46. The molecular formula is C10H8Cl2N4O. The monoisotopic (exact) mass is 270 g/mol. The minimum Gasteiger partial charge on any atom is -0.348 e. The van der Waals surface area contributed by atoms with Gasteiger partial charge >= 0.3 is 0 Å². The topological polar surface area (TPSA) is 70.7 Å². The first-order valence-electron chi connectivity index (χ1n) is 4.74. The van der Waals surface area contributed by atoms with Gasteiger partial charge in [0.05, 0.1) is 11.8 Å². The lowest BCUT2D eigenvalue weighted by Gasteiger charge is -2.04. The number of aromatic amines is 1. The summed E-state index contributed by atoms with van der Waals surface area (Å²) in [7, 11) is 0. The van der Waals surface area contributed by atoms with Crippen molar-refractivity contribution in [2.45, 2.75) is 6.54 Å². The van der Waals surface area contributed by atoms with E-state index in [1.54, 1.807) is 12.4 Å². The molecule has 2 N–H and O–H groups in total. The van der Waals surface area contributed by atoms with E-state index in [9.17, 15) is 4.79 Å². The molecule has 0 saturated heterocycles. The maximum atomic E-state index is 11.8. The third-order valence-corrected chi connectivity index (χ3v) is 2.57. The average Bonchev–Trinajstić information content (AvgIpc) is 2.78. The molecule has 0 radical (unpaired) electrons. The first-order chi connectivity index (χ1) is 8.16. The second-order valence-electron chi connectivity index (χ2n) is 3.26. The number of carbonyl (C=O) groups excluding carboxylic acids is 1. The molecule has 0 saturated carbocycles. The van der Waals surface area contributed by atoms with Gasteiger partial charge in [-0.05, 0) is 12.1 Å². The number of hydrogen-bond donors (Lipinski definition) is 2. The highest BCUT2D eigenvalue weighted by Crippen LogP contribution is 2.16. The predicted molar refractivity (Wildman–Crippen MR) is 64.0 cm³/mol. The first-order valence-corrected chi connectivity index (χ1v) is 5.50. The van der Waals surface area contributed by atoms with Crippen molar-refractivity contribution in [1.29, 1.82) is 0 Å². The molecule has 2 rings (SSSR count). The van der Waals surface area contributed by atoms with Crippen LogP contribution in [0.5, 0.6) is 0 Å². The van der Waals surface area contributed by atoms with Gasteiger partial charge in [0.25, 0.3) is 5.91 Å². The molecule has 0 aliphatic heterocycles. The molecule has 0 aromatic carbocycles. The Balaban J connectivity index is 2.04. The van der Waals surface area contributed by atoms with Crippen LogP contribution in [0.3, 0.4) is 0 Å². The second kappa shape index (κ2) is 5.16. The van der Waals surface area contributed by atoms with E-state index >= 15 is 0 Å². The normalized spacial score (nSPS) is 10.2. The van der Waals surface area contributed by atoms with Gasteiger partial charge in [0.2, 0.25) is 0 Å². The zero-order valence-corrected chi connectivity index (χ0v) is 10.1. The van der Waals surface area contributed by atoms with Gasteiger partial charge in [-0.3, -0.25) is 9.89 Å². The number of aromatic nitrogens is 3. The molecular weight excluding hydrogens is 263 g/mol. The molecule has 2 heterocycles. The Morgan fingerprint density at radius 3 is 2.88 bits per heavy atom. The van der Waals surface area contributed by atoms with Gasteiger partial charge in [-0.15, -0.1) is 0 Å². The lowest BCUT2D eigenvalue weighted by atomic mass is 10.2. The van der Waals surface area contributed by atoms with Crippen LogP contribution in [0.4, 0.5) is 0 Å². The van der Waals surface area contributed by atoms with Gasteiger partial charge in [0, 0.05) is 18.3 Å². The third kappa shape index (κ3) is 2.95. The summed E-state index contributed by atoms with van der Waals surface area (Å²) in [6.07, 6.45) is 3.32. The average molecular weight is 271 g/mol. The number of rotatable bonds is 3. The molecule has 0 atom stereocenters. The standard InChI is InChI=1S/C10H8Cl2N4O/c11-8-2-1-7(9(12)16-8)10(17)13-3-6-4-14-15-5-6/h1-2,4-5H,3H2,(H,13,17)(H,14,15). The molecule has 5 nitrogen and oxygen atoms in total. The van der Waals surface area contributed by atoms with Crippen LogP contribution < -0.4 is 5.32 Å². The van der Waals surface area contributed by atoms with Gasteiger partial charge in [-0.1, -0.05) is 23.2 Å². The number of nitrogens with one attached hydrogen (secondary N) is 2. The number of H-pyrrole nitrogens is 1. The summed E-state index contributed by atoms with van der Waals surface area (Å²) in [6.45, 7) is 0.369. The molecule has 17 heavy (non-hydrogen) atoms. The zero-order valence-electron chi connectivity index (χ0n) is 8.58. The number of amides is 1. The van der Waals surface area contributed by atoms with E-state index in [4.69, 9.17) is 23.2 Å². The molecule has 0 spiro atoms. The fourth-order valence-corrected chi connectivity index (χ4v) is 1.66. The molecule has 0 unspecified atom stereocenters. The van der Waals surface area contributed by atoms with Crippen molar-refractivity contribution in [3.63, 3.8) is 0 Å². The van der Waals surface area contributed by atoms with Crippen molar-refractivity contribution < 1.29 is 4.79 Å². The molecule has 2 aromatic rings. The van der Waals surface area contributed by atoms with Gasteiger partial charge in [0.15, 0.2) is 0 Å². The Kier molecular flexibility index (Phi) is 3.61. The van der Waals surface area contributed by atoms with Crippen molar-refractivity contribution >= 4 is 29.1 Å². The quantitative estimate of drug-likeness (QED) is 0.839. The van der Waals surface area contributed by atoms with Crippen molar-refractivity contribution in [3.8, 4) is 0 Å². The largest absolute Gasteiger partial charge is 0.348 e. The minimum atomic E-state index is -0.305. The Labute approximate surface area is 107 Å². The molecule has 0 aliphatic carbocycles. The van der Waals surface area contributed by atoms with E-state index in [-0.39, 0.29) is 16.2 Å². The predicted octanol–water partition coefficient (Wildman–Crippen LogP) is 2.04. The SMILES string of the molecule is O=C(NCc1cn[nH]c1)c1ccc(Cl)nc1Cl. The Hall–Kier alpha value is -1.59. The summed E-state index contributed by atoms with van der Waals surface area (Å²) < 4.78 is 0. The van der Waals surface area contributed by atoms with Crippen molar-refractivity contribution in [2.24, 2.45) is 0 Å². The van der Waals surface area contributed by atoms with Crippen molar-refractivity contribution in [3.05, 3.63) is 46.0 Å². The van der Waals surface area contributed by atoms with Crippen LogP contribution in [0.25, 0.3) is 0 Å². The highest BCUT2D eigenvalue weighted by atomic mass is 35.5. The van der Waals surface area contributed by atoms with Crippen LogP contribution in [0, 0.1) is 0 Å². The summed E-state index contributed by atoms with van der Waals surface area (Å²) in [5.74, 6) is -0.305.